The van der Waals surface area contributed by atoms with Gasteiger partial charge >= 0.3 is 0 Å². The van der Waals surface area contributed by atoms with Crippen molar-refractivity contribution in [2.75, 3.05) is 26.2 Å². The predicted octanol–water partition coefficient (Wildman–Crippen LogP) is 1.46. The summed E-state index contributed by atoms with van der Waals surface area (Å²) in [5, 5.41) is 0. The standard InChI is InChI=1S/C13H26N2O3S/c1-4-7-14(10-13-5-6-13)19(16,17)15-8-11(2)18-12(3)9-15/h11-13H,4-10H2,1-3H3. The Hall–Kier alpha value is -0.170. The highest BCUT2D eigenvalue weighted by molar-refractivity contribution is 7.86. The molecule has 2 rings (SSSR count). The number of hydrogen-bond acceptors (Lipinski definition) is 3. The molecule has 2 aliphatic rings. The molecule has 0 amide bonds. The van der Waals surface area contributed by atoms with Crippen LogP contribution in [0.5, 0.6) is 0 Å². The molecule has 2 atom stereocenters. The van der Waals surface area contributed by atoms with E-state index in [1.54, 1.807) is 8.61 Å². The van der Waals surface area contributed by atoms with Crippen molar-refractivity contribution in [3.05, 3.63) is 0 Å². The SMILES string of the molecule is CCCN(CC1CC1)S(=O)(=O)N1CC(C)OC(C)C1. The minimum Gasteiger partial charge on any atom is -0.373 e. The lowest BCUT2D eigenvalue weighted by atomic mass is 10.3. The van der Waals surface area contributed by atoms with E-state index in [4.69, 9.17) is 4.74 Å². The Kier molecular flexibility index (Phi) is 4.87. The van der Waals surface area contributed by atoms with E-state index in [1.807, 2.05) is 20.8 Å². The van der Waals surface area contributed by atoms with Gasteiger partial charge in [-0.2, -0.15) is 17.0 Å². The van der Waals surface area contributed by atoms with Crippen LogP contribution < -0.4 is 0 Å². The van der Waals surface area contributed by atoms with Crippen molar-refractivity contribution >= 4 is 10.2 Å². The van der Waals surface area contributed by atoms with Gasteiger partial charge in [0, 0.05) is 26.2 Å². The van der Waals surface area contributed by atoms with Crippen LogP contribution >= 0.6 is 0 Å². The van der Waals surface area contributed by atoms with Gasteiger partial charge < -0.3 is 4.74 Å². The summed E-state index contributed by atoms with van der Waals surface area (Å²) >= 11 is 0. The third-order valence-corrected chi connectivity index (χ3v) is 5.61. The third-order valence-electron chi connectivity index (χ3n) is 3.67. The fourth-order valence-electron chi connectivity index (χ4n) is 2.62. The van der Waals surface area contributed by atoms with E-state index >= 15 is 0 Å². The zero-order valence-corrected chi connectivity index (χ0v) is 13.0. The molecule has 1 aliphatic heterocycles. The number of nitrogens with zero attached hydrogens (tertiary/aromatic N) is 2. The van der Waals surface area contributed by atoms with Gasteiger partial charge in [0.15, 0.2) is 0 Å². The number of morpholine rings is 1. The fourth-order valence-corrected chi connectivity index (χ4v) is 4.56. The molecule has 5 nitrogen and oxygen atoms in total. The van der Waals surface area contributed by atoms with Crippen molar-refractivity contribution in [2.45, 2.75) is 52.2 Å². The van der Waals surface area contributed by atoms with Gasteiger partial charge in [-0.3, -0.25) is 0 Å². The van der Waals surface area contributed by atoms with Crippen LogP contribution in [-0.2, 0) is 14.9 Å². The van der Waals surface area contributed by atoms with Crippen molar-refractivity contribution in [3.8, 4) is 0 Å². The average molecular weight is 290 g/mol. The van der Waals surface area contributed by atoms with E-state index < -0.39 is 10.2 Å². The Morgan fingerprint density at radius 1 is 1.21 bits per heavy atom. The molecule has 1 aliphatic carbocycles. The quantitative estimate of drug-likeness (QED) is 0.744. The van der Waals surface area contributed by atoms with E-state index in [0.29, 0.717) is 32.1 Å². The van der Waals surface area contributed by atoms with Crippen LogP contribution in [0.2, 0.25) is 0 Å². The Morgan fingerprint density at radius 2 is 1.79 bits per heavy atom. The Balaban J connectivity index is 2.08. The van der Waals surface area contributed by atoms with Crippen molar-refractivity contribution < 1.29 is 13.2 Å². The van der Waals surface area contributed by atoms with Crippen LogP contribution in [0.3, 0.4) is 0 Å². The molecule has 1 saturated carbocycles. The average Bonchev–Trinajstić information content (AvgIpc) is 3.11. The lowest BCUT2D eigenvalue weighted by Crippen LogP contribution is -2.53. The van der Waals surface area contributed by atoms with Gasteiger partial charge in [0.25, 0.3) is 10.2 Å². The molecule has 0 spiro atoms. The smallest absolute Gasteiger partial charge is 0.282 e. The molecule has 0 aromatic rings. The maximum atomic E-state index is 12.7. The molecule has 112 valence electrons. The van der Waals surface area contributed by atoms with Crippen LogP contribution in [0.15, 0.2) is 0 Å². The van der Waals surface area contributed by atoms with Gasteiger partial charge in [-0.15, -0.1) is 0 Å². The van der Waals surface area contributed by atoms with Crippen molar-refractivity contribution in [2.24, 2.45) is 5.92 Å². The summed E-state index contributed by atoms with van der Waals surface area (Å²) in [5.74, 6) is 0.581. The molecule has 0 bridgehead atoms. The molecule has 1 heterocycles. The van der Waals surface area contributed by atoms with Crippen molar-refractivity contribution in [1.29, 1.82) is 0 Å². The first kappa shape index (κ1) is 15.2. The second-order valence-electron chi connectivity index (χ2n) is 5.88. The van der Waals surface area contributed by atoms with Crippen LogP contribution in [-0.4, -0.2) is 55.4 Å². The van der Waals surface area contributed by atoms with Crippen LogP contribution in [0, 0.1) is 5.92 Å². The summed E-state index contributed by atoms with van der Waals surface area (Å²) in [7, 11) is -3.32. The normalized spacial score (nSPS) is 29.9. The summed E-state index contributed by atoms with van der Waals surface area (Å²) < 4.78 is 34.3. The summed E-state index contributed by atoms with van der Waals surface area (Å²) in [6.07, 6.45) is 3.16. The maximum absolute atomic E-state index is 12.7. The van der Waals surface area contributed by atoms with Gasteiger partial charge in [0.2, 0.25) is 0 Å². The number of rotatable bonds is 6. The summed E-state index contributed by atoms with van der Waals surface area (Å²) in [5.41, 5.74) is 0. The highest BCUT2D eigenvalue weighted by atomic mass is 32.2. The molecule has 0 N–H and O–H groups in total. The Bertz CT molecular complexity index is 374. The number of ether oxygens (including phenoxy) is 1. The highest BCUT2D eigenvalue weighted by Gasteiger charge is 2.37. The molecular formula is C13H26N2O3S. The van der Waals surface area contributed by atoms with Gasteiger partial charge in [0.05, 0.1) is 12.2 Å². The summed E-state index contributed by atoms with van der Waals surface area (Å²) in [6.45, 7) is 8.15. The summed E-state index contributed by atoms with van der Waals surface area (Å²) in [6, 6.07) is 0. The minimum atomic E-state index is -3.32. The van der Waals surface area contributed by atoms with E-state index in [9.17, 15) is 8.42 Å². The monoisotopic (exact) mass is 290 g/mol. The lowest BCUT2D eigenvalue weighted by Gasteiger charge is -2.37. The zero-order valence-electron chi connectivity index (χ0n) is 12.2. The van der Waals surface area contributed by atoms with Gasteiger partial charge in [-0.1, -0.05) is 6.92 Å². The van der Waals surface area contributed by atoms with Crippen LogP contribution in [0.25, 0.3) is 0 Å². The van der Waals surface area contributed by atoms with Gasteiger partial charge in [0.1, 0.15) is 0 Å². The fraction of sp³-hybridized carbons (Fsp3) is 1.00. The minimum absolute atomic E-state index is 0.0251. The zero-order chi connectivity index (χ0) is 14.0. The first-order chi connectivity index (χ1) is 8.93. The molecule has 0 aromatic carbocycles. The number of hydrogen-bond donors (Lipinski definition) is 0. The topological polar surface area (TPSA) is 49.9 Å². The molecule has 0 aromatic heterocycles. The third kappa shape index (κ3) is 3.90. The predicted molar refractivity (Wildman–Crippen MR) is 75.1 cm³/mol. The van der Waals surface area contributed by atoms with Crippen LogP contribution in [0.1, 0.15) is 40.0 Å². The van der Waals surface area contributed by atoms with E-state index in [-0.39, 0.29) is 12.2 Å². The first-order valence-corrected chi connectivity index (χ1v) is 8.73. The maximum Gasteiger partial charge on any atom is 0.282 e. The first-order valence-electron chi connectivity index (χ1n) is 7.34. The highest BCUT2D eigenvalue weighted by Crippen LogP contribution is 2.31. The second-order valence-corrected chi connectivity index (χ2v) is 7.81. The molecule has 6 heteroatoms. The second kappa shape index (κ2) is 6.08. The van der Waals surface area contributed by atoms with Crippen LogP contribution in [0.4, 0.5) is 0 Å². The largest absolute Gasteiger partial charge is 0.373 e. The molecule has 19 heavy (non-hydrogen) atoms. The molecule has 2 unspecified atom stereocenters. The van der Waals surface area contributed by atoms with Gasteiger partial charge in [-0.05, 0) is 39.0 Å². The van der Waals surface area contributed by atoms with Crippen molar-refractivity contribution in [1.82, 2.24) is 8.61 Å². The summed E-state index contributed by atoms with van der Waals surface area (Å²) in [4.78, 5) is 0. The lowest BCUT2D eigenvalue weighted by molar-refractivity contribution is -0.0455. The van der Waals surface area contributed by atoms with E-state index in [0.717, 1.165) is 6.42 Å². The molecule has 0 radical (unpaired) electrons. The van der Waals surface area contributed by atoms with Crippen molar-refractivity contribution in [3.63, 3.8) is 0 Å². The van der Waals surface area contributed by atoms with E-state index in [1.165, 1.54) is 12.8 Å². The molecule has 1 saturated heterocycles. The molecular weight excluding hydrogens is 264 g/mol. The molecule has 2 fully saturated rings. The van der Waals surface area contributed by atoms with E-state index in [2.05, 4.69) is 0 Å². The Morgan fingerprint density at radius 3 is 2.26 bits per heavy atom. The van der Waals surface area contributed by atoms with Gasteiger partial charge in [-0.25, -0.2) is 0 Å². The Labute approximate surface area is 117 Å².